The fraction of sp³-hybridized carbons (Fsp3) is 0.0435. The first-order valence-electron chi connectivity index (χ1n) is 17.0. The Morgan fingerprint density at radius 2 is 1.38 bits per heavy atom. The van der Waals surface area contributed by atoms with E-state index in [1.165, 1.54) is 10.9 Å². The van der Waals surface area contributed by atoms with E-state index >= 15 is 0 Å². The number of nitrogens with one attached hydrogen (secondary N) is 1. The summed E-state index contributed by atoms with van der Waals surface area (Å²) in [5.41, 5.74) is 9.90. The Balaban J connectivity index is 1.27. The number of nitrogens with zero attached hydrogens (tertiary/aromatic N) is 2. The molecule has 0 amide bonds. The molecule has 2 aromatic heterocycles. The lowest BCUT2D eigenvalue weighted by molar-refractivity contribution is 0.427. The molecule has 0 bridgehead atoms. The van der Waals surface area contributed by atoms with Crippen molar-refractivity contribution in [3.63, 3.8) is 0 Å². The minimum absolute atomic E-state index is 0.630. The standard InChI is InChI=1S/C46H31N3O/c1-2-13-34(14-3-1)46(42-18-8-9-27-47-42)37-16-6-7-17-40(37)50-41-26-23-33(29-38(41)46)36-24-21-30-11-4-5-15-35(30)43(36)39-25-22-32-20-19-31-12-10-28-48-44(31)45(32)49-39/h1-26,28-29,47H,27H2. The van der Waals surface area contributed by atoms with E-state index in [0.717, 1.165) is 84.4 Å². The quantitative estimate of drug-likeness (QED) is 0.194. The van der Waals surface area contributed by atoms with Crippen molar-refractivity contribution in [3.8, 4) is 33.9 Å². The predicted molar refractivity (Wildman–Crippen MR) is 203 cm³/mol. The molecular formula is C46H31N3O. The van der Waals surface area contributed by atoms with Gasteiger partial charge in [0.05, 0.1) is 22.1 Å². The van der Waals surface area contributed by atoms with Crippen molar-refractivity contribution in [1.82, 2.24) is 15.3 Å². The third kappa shape index (κ3) is 4.25. The van der Waals surface area contributed by atoms with Crippen molar-refractivity contribution in [3.05, 3.63) is 192 Å². The summed E-state index contributed by atoms with van der Waals surface area (Å²) in [7, 11) is 0. The number of ether oxygens (including phenoxy) is 1. The first-order chi connectivity index (χ1) is 24.8. The number of hydrogen-bond acceptors (Lipinski definition) is 4. The summed E-state index contributed by atoms with van der Waals surface area (Å²) in [6.45, 7) is 0.754. The third-order valence-electron chi connectivity index (χ3n) is 10.2. The van der Waals surface area contributed by atoms with Crippen LogP contribution in [-0.4, -0.2) is 16.5 Å². The van der Waals surface area contributed by atoms with Crippen LogP contribution in [0.4, 0.5) is 0 Å². The number of para-hydroxylation sites is 1. The lowest BCUT2D eigenvalue weighted by Gasteiger charge is -2.43. The van der Waals surface area contributed by atoms with Crippen LogP contribution in [0.15, 0.2) is 176 Å². The lowest BCUT2D eigenvalue weighted by Crippen LogP contribution is -2.41. The molecule has 1 N–H and O–H groups in total. The highest BCUT2D eigenvalue weighted by Crippen LogP contribution is 2.56. The summed E-state index contributed by atoms with van der Waals surface area (Å²) in [4.78, 5) is 10.1. The highest BCUT2D eigenvalue weighted by molar-refractivity contribution is 6.07. The highest BCUT2D eigenvalue weighted by Gasteiger charge is 2.47. The minimum atomic E-state index is -0.630. The van der Waals surface area contributed by atoms with Gasteiger partial charge in [-0.15, -0.1) is 0 Å². The van der Waals surface area contributed by atoms with Gasteiger partial charge in [-0.3, -0.25) is 4.98 Å². The van der Waals surface area contributed by atoms with Gasteiger partial charge in [-0.25, -0.2) is 4.98 Å². The van der Waals surface area contributed by atoms with Gasteiger partial charge < -0.3 is 10.1 Å². The molecule has 8 aromatic rings. The Kier molecular flexibility index (Phi) is 6.43. The maximum atomic E-state index is 6.72. The zero-order valence-electron chi connectivity index (χ0n) is 27.2. The number of rotatable bonds is 4. The lowest BCUT2D eigenvalue weighted by atomic mass is 9.64. The summed E-state index contributed by atoms with van der Waals surface area (Å²) in [5, 5.41) is 8.24. The average molecular weight is 642 g/mol. The number of dihydropyridines is 1. The van der Waals surface area contributed by atoms with Crippen LogP contribution in [0.2, 0.25) is 0 Å². The first kappa shape index (κ1) is 28.5. The summed E-state index contributed by atoms with van der Waals surface area (Å²) < 4.78 is 6.72. The van der Waals surface area contributed by atoms with Crippen molar-refractivity contribution in [1.29, 1.82) is 0 Å². The van der Waals surface area contributed by atoms with E-state index in [1.807, 2.05) is 18.3 Å². The molecule has 2 aliphatic rings. The number of aromatic nitrogens is 2. The molecule has 1 unspecified atom stereocenters. The van der Waals surface area contributed by atoms with E-state index in [0.29, 0.717) is 0 Å². The normalized spacial score (nSPS) is 16.4. The van der Waals surface area contributed by atoms with Gasteiger partial charge in [0.25, 0.3) is 0 Å². The second kappa shape index (κ2) is 11.3. The third-order valence-corrected chi connectivity index (χ3v) is 10.2. The molecule has 0 spiro atoms. The summed E-state index contributed by atoms with van der Waals surface area (Å²) in [6, 6.07) is 51.6. The second-order valence-electron chi connectivity index (χ2n) is 12.9. The zero-order chi connectivity index (χ0) is 33.1. The maximum absolute atomic E-state index is 6.72. The molecular weight excluding hydrogens is 611 g/mol. The van der Waals surface area contributed by atoms with Crippen LogP contribution in [0.1, 0.15) is 16.7 Å². The molecule has 0 radical (unpaired) electrons. The van der Waals surface area contributed by atoms with Crippen LogP contribution in [-0.2, 0) is 5.41 Å². The Morgan fingerprint density at radius 3 is 2.28 bits per heavy atom. The molecule has 2 aliphatic heterocycles. The molecule has 6 aromatic carbocycles. The predicted octanol–water partition coefficient (Wildman–Crippen LogP) is 10.8. The van der Waals surface area contributed by atoms with E-state index in [-0.39, 0.29) is 0 Å². The van der Waals surface area contributed by atoms with Crippen LogP contribution in [0.25, 0.3) is 55.0 Å². The van der Waals surface area contributed by atoms with Gasteiger partial charge in [0.2, 0.25) is 0 Å². The number of pyridine rings is 2. The van der Waals surface area contributed by atoms with E-state index in [9.17, 15) is 0 Å². The first-order valence-corrected chi connectivity index (χ1v) is 17.0. The molecule has 4 heteroatoms. The van der Waals surface area contributed by atoms with Crippen molar-refractivity contribution in [2.75, 3.05) is 6.54 Å². The van der Waals surface area contributed by atoms with Crippen LogP contribution in [0, 0.1) is 0 Å². The summed E-state index contributed by atoms with van der Waals surface area (Å²) >= 11 is 0. The number of allylic oxidation sites excluding steroid dienone is 3. The molecule has 0 aliphatic carbocycles. The Morgan fingerprint density at radius 1 is 0.620 bits per heavy atom. The number of benzene rings is 6. The maximum Gasteiger partial charge on any atom is 0.132 e. The zero-order valence-corrected chi connectivity index (χ0v) is 27.2. The Hall–Kier alpha value is -6.52. The highest BCUT2D eigenvalue weighted by atomic mass is 16.5. The fourth-order valence-corrected chi connectivity index (χ4v) is 8.02. The van der Waals surface area contributed by atoms with Gasteiger partial charge in [-0.1, -0.05) is 127 Å². The van der Waals surface area contributed by atoms with Gasteiger partial charge in [0.15, 0.2) is 0 Å². The van der Waals surface area contributed by atoms with E-state index in [2.05, 4.69) is 157 Å². The fourth-order valence-electron chi connectivity index (χ4n) is 8.02. The summed E-state index contributed by atoms with van der Waals surface area (Å²) in [6.07, 6.45) is 8.37. The molecule has 0 saturated carbocycles. The average Bonchev–Trinajstić information content (AvgIpc) is 3.20. The molecule has 10 rings (SSSR count). The van der Waals surface area contributed by atoms with Crippen molar-refractivity contribution < 1.29 is 4.74 Å². The van der Waals surface area contributed by atoms with Crippen molar-refractivity contribution in [2.45, 2.75) is 5.41 Å². The molecule has 4 heterocycles. The van der Waals surface area contributed by atoms with Gasteiger partial charge in [0, 0.05) is 45.9 Å². The largest absolute Gasteiger partial charge is 0.457 e. The van der Waals surface area contributed by atoms with E-state index in [1.54, 1.807) is 0 Å². The SMILES string of the molecule is C1=CCNC(C2(c3ccccc3)c3ccccc3Oc3ccc(-c4ccc5ccccc5c4-c4ccc5ccc6cccnc6c5n4)cc32)=C1. The topological polar surface area (TPSA) is 47.0 Å². The molecule has 0 saturated heterocycles. The van der Waals surface area contributed by atoms with Gasteiger partial charge in [-0.05, 0) is 63.9 Å². The Bertz CT molecular complexity index is 2690. The summed E-state index contributed by atoms with van der Waals surface area (Å²) in [5.74, 6) is 1.71. The number of fused-ring (bicyclic) bond motifs is 6. The van der Waals surface area contributed by atoms with E-state index in [4.69, 9.17) is 14.7 Å². The molecule has 4 nitrogen and oxygen atoms in total. The van der Waals surface area contributed by atoms with Crippen LogP contribution < -0.4 is 10.1 Å². The van der Waals surface area contributed by atoms with Gasteiger partial charge in [0.1, 0.15) is 11.5 Å². The minimum Gasteiger partial charge on any atom is -0.457 e. The van der Waals surface area contributed by atoms with E-state index < -0.39 is 5.41 Å². The molecule has 1 atom stereocenters. The second-order valence-corrected chi connectivity index (χ2v) is 12.9. The Labute approximate surface area is 290 Å². The smallest absolute Gasteiger partial charge is 0.132 e. The molecule has 50 heavy (non-hydrogen) atoms. The molecule has 0 fully saturated rings. The van der Waals surface area contributed by atoms with Crippen LogP contribution in [0.5, 0.6) is 11.5 Å². The van der Waals surface area contributed by atoms with Crippen LogP contribution in [0.3, 0.4) is 0 Å². The monoisotopic (exact) mass is 641 g/mol. The van der Waals surface area contributed by atoms with Gasteiger partial charge >= 0.3 is 0 Å². The van der Waals surface area contributed by atoms with Gasteiger partial charge in [-0.2, -0.15) is 0 Å². The van der Waals surface area contributed by atoms with Crippen molar-refractivity contribution >= 4 is 32.6 Å². The number of hydrogen-bond donors (Lipinski definition) is 1. The van der Waals surface area contributed by atoms with Crippen LogP contribution >= 0.6 is 0 Å². The molecule has 236 valence electrons. The van der Waals surface area contributed by atoms with Crippen molar-refractivity contribution in [2.24, 2.45) is 0 Å².